The molecule has 18 heavy (non-hydrogen) atoms. The molecule has 1 aromatic rings. The maximum atomic E-state index is 11.0. The largest absolute Gasteiger partial charge is 0.478 e. The number of nitrogens with zero attached hydrogens (tertiary/aromatic N) is 1. The lowest BCUT2D eigenvalue weighted by molar-refractivity contribution is 0.0696. The molecule has 6 heteroatoms. The van der Waals surface area contributed by atoms with E-state index in [-0.39, 0.29) is 24.6 Å². The van der Waals surface area contributed by atoms with Crippen LogP contribution in [0.15, 0.2) is 12.1 Å². The first-order valence-electron chi connectivity index (χ1n) is 5.72. The third-order valence-electron chi connectivity index (χ3n) is 2.41. The number of carbonyl (C=O) groups is 1. The van der Waals surface area contributed by atoms with Crippen molar-refractivity contribution in [2.45, 2.75) is 25.9 Å². The standard InChI is InChI=1S/C12H18N2O4/c1-7(2)10-3-8(12(17)18)4-11(14-10)13-5-9(16)6-15/h3-4,7,9,15-16H,5-6H2,1-2H3,(H,13,14)(H,17,18). The van der Waals surface area contributed by atoms with Crippen LogP contribution in [0.3, 0.4) is 0 Å². The lowest BCUT2D eigenvalue weighted by atomic mass is 10.1. The van der Waals surface area contributed by atoms with Crippen molar-refractivity contribution in [3.63, 3.8) is 0 Å². The Hall–Kier alpha value is -1.66. The second-order valence-corrected chi connectivity index (χ2v) is 4.34. The Bertz CT molecular complexity index is 421. The third-order valence-corrected chi connectivity index (χ3v) is 2.41. The van der Waals surface area contributed by atoms with Crippen LogP contribution >= 0.6 is 0 Å². The van der Waals surface area contributed by atoms with Crippen LogP contribution in [0.4, 0.5) is 5.82 Å². The van der Waals surface area contributed by atoms with Gasteiger partial charge in [-0.25, -0.2) is 9.78 Å². The second-order valence-electron chi connectivity index (χ2n) is 4.34. The second kappa shape index (κ2) is 6.32. The Labute approximate surface area is 105 Å². The van der Waals surface area contributed by atoms with Crippen molar-refractivity contribution in [2.24, 2.45) is 0 Å². The van der Waals surface area contributed by atoms with Crippen LogP contribution in [0.2, 0.25) is 0 Å². The zero-order chi connectivity index (χ0) is 13.7. The van der Waals surface area contributed by atoms with E-state index in [1.165, 1.54) is 12.1 Å². The number of carboxylic acids is 1. The number of hydrogen-bond donors (Lipinski definition) is 4. The van der Waals surface area contributed by atoms with Gasteiger partial charge in [-0.1, -0.05) is 13.8 Å². The van der Waals surface area contributed by atoms with Crippen LogP contribution in [-0.4, -0.2) is 45.5 Å². The Morgan fingerprint density at radius 2 is 2.11 bits per heavy atom. The summed E-state index contributed by atoms with van der Waals surface area (Å²) in [6.07, 6.45) is -0.900. The summed E-state index contributed by atoms with van der Waals surface area (Å²) >= 11 is 0. The fourth-order valence-electron chi connectivity index (χ4n) is 1.35. The highest BCUT2D eigenvalue weighted by Gasteiger charge is 2.11. The molecule has 1 rings (SSSR count). The minimum atomic E-state index is -1.02. The molecule has 1 atom stereocenters. The molecule has 0 saturated heterocycles. The van der Waals surface area contributed by atoms with Crippen LogP contribution in [-0.2, 0) is 0 Å². The van der Waals surface area contributed by atoms with Gasteiger partial charge in [0.05, 0.1) is 18.3 Å². The SMILES string of the molecule is CC(C)c1cc(C(=O)O)cc(NCC(O)CO)n1. The average molecular weight is 254 g/mol. The molecule has 0 amide bonds. The highest BCUT2D eigenvalue weighted by Crippen LogP contribution is 2.17. The summed E-state index contributed by atoms with van der Waals surface area (Å²) < 4.78 is 0. The summed E-state index contributed by atoms with van der Waals surface area (Å²) in [5.41, 5.74) is 0.811. The van der Waals surface area contributed by atoms with Crippen molar-refractivity contribution in [1.82, 2.24) is 4.98 Å². The number of anilines is 1. The number of aliphatic hydroxyl groups is 2. The average Bonchev–Trinajstić information content (AvgIpc) is 2.35. The van der Waals surface area contributed by atoms with E-state index in [4.69, 9.17) is 10.2 Å². The maximum Gasteiger partial charge on any atom is 0.335 e. The van der Waals surface area contributed by atoms with Crippen LogP contribution in [0.1, 0.15) is 35.8 Å². The van der Waals surface area contributed by atoms with Crippen LogP contribution < -0.4 is 5.32 Å². The van der Waals surface area contributed by atoms with Gasteiger partial charge in [-0.15, -0.1) is 0 Å². The molecular formula is C12H18N2O4. The number of pyridine rings is 1. The van der Waals surface area contributed by atoms with Gasteiger partial charge in [-0.2, -0.15) is 0 Å². The van der Waals surface area contributed by atoms with E-state index >= 15 is 0 Å². The van der Waals surface area contributed by atoms with Crippen molar-refractivity contribution >= 4 is 11.8 Å². The molecule has 1 unspecified atom stereocenters. The highest BCUT2D eigenvalue weighted by atomic mass is 16.4. The number of aromatic nitrogens is 1. The molecule has 0 aliphatic heterocycles. The molecule has 4 N–H and O–H groups in total. The van der Waals surface area contributed by atoms with Gasteiger partial charge in [-0.3, -0.25) is 0 Å². The first kappa shape index (κ1) is 14.4. The van der Waals surface area contributed by atoms with Gasteiger partial charge < -0.3 is 20.6 Å². The van der Waals surface area contributed by atoms with Gasteiger partial charge in [0.25, 0.3) is 0 Å². The third kappa shape index (κ3) is 3.97. The van der Waals surface area contributed by atoms with Crippen molar-refractivity contribution < 1.29 is 20.1 Å². The van der Waals surface area contributed by atoms with Crippen LogP contribution in [0.25, 0.3) is 0 Å². The summed E-state index contributed by atoms with van der Waals surface area (Å²) in [4.78, 5) is 15.2. The van der Waals surface area contributed by atoms with E-state index in [0.29, 0.717) is 11.5 Å². The predicted molar refractivity (Wildman–Crippen MR) is 66.9 cm³/mol. The normalized spacial score (nSPS) is 12.5. The first-order chi connectivity index (χ1) is 8.43. The molecular weight excluding hydrogens is 236 g/mol. The van der Waals surface area contributed by atoms with E-state index in [2.05, 4.69) is 10.3 Å². The smallest absolute Gasteiger partial charge is 0.335 e. The Kier molecular flexibility index (Phi) is 5.06. The fourth-order valence-corrected chi connectivity index (χ4v) is 1.35. The number of aliphatic hydroxyl groups excluding tert-OH is 2. The first-order valence-corrected chi connectivity index (χ1v) is 5.72. The molecule has 0 bridgehead atoms. The molecule has 0 fully saturated rings. The lowest BCUT2D eigenvalue weighted by Crippen LogP contribution is -2.23. The topological polar surface area (TPSA) is 103 Å². The lowest BCUT2D eigenvalue weighted by Gasteiger charge is -2.13. The van der Waals surface area contributed by atoms with Crippen molar-refractivity contribution in [3.05, 3.63) is 23.4 Å². The molecule has 0 aliphatic rings. The highest BCUT2D eigenvalue weighted by molar-refractivity contribution is 5.88. The monoisotopic (exact) mass is 254 g/mol. The van der Waals surface area contributed by atoms with E-state index in [0.717, 1.165) is 0 Å². The molecule has 6 nitrogen and oxygen atoms in total. The van der Waals surface area contributed by atoms with Gasteiger partial charge in [0.1, 0.15) is 5.82 Å². The molecule has 0 aromatic carbocycles. The predicted octanol–water partition coefficient (Wildman–Crippen LogP) is 0.668. The van der Waals surface area contributed by atoms with Gasteiger partial charge >= 0.3 is 5.97 Å². The Morgan fingerprint density at radius 1 is 1.44 bits per heavy atom. The van der Waals surface area contributed by atoms with E-state index in [9.17, 15) is 9.90 Å². The van der Waals surface area contributed by atoms with Crippen LogP contribution in [0, 0.1) is 0 Å². The number of carboxylic acid groups (broad SMARTS) is 1. The zero-order valence-corrected chi connectivity index (χ0v) is 10.4. The van der Waals surface area contributed by atoms with Crippen molar-refractivity contribution in [2.75, 3.05) is 18.5 Å². The van der Waals surface area contributed by atoms with E-state index in [1.54, 1.807) is 0 Å². The zero-order valence-electron chi connectivity index (χ0n) is 10.4. The summed E-state index contributed by atoms with van der Waals surface area (Å²) in [6, 6.07) is 2.93. The van der Waals surface area contributed by atoms with Gasteiger partial charge in [0.2, 0.25) is 0 Å². The van der Waals surface area contributed by atoms with Gasteiger partial charge in [0, 0.05) is 12.2 Å². The minimum Gasteiger partial charge on any atom is -0.478 e. The van der Waals surface area contributed by atoms with E-state index < -0.39 is 12.1 Å². The summed E-state index contributed by atoms with van der Waals surface area (Å²) in [5, 5.41) is 29.7. The molecule has 0 spiro atoms. The Balaban J connectivity index is 2.93. The quantitative estimate of drug-likeness (QED) is 0.595. The molecule has 0 saturated carbocycles. The number of hydrogen-bond acceptors (Lipinski definition) is 5. The maximum absolute atomic E-state index is 11.0. The summed E-state index contributed by atoms with van der Waals surface area (Å²) in [6.45, 7) is 3.59. The van der Waals surface area contributed by atoms with Crippen molar-refractivity contribution in [1.29, 1.82) is 0 Å². The van der Waals surface area contributed by atoms with Gasteiger partial charge in [0.15, 0.2) is 0 Å². The molecule has 1 aromatic heterocycles. The summed E-state index contributed by atoms with van der Waals surface area (Å²) in [5.74, 6) is -0.538. The summed E-state index contributed by atoms with van der Waals surface area (Å²) in [7, 11) is 0. The molecule has 0 radical (unpaired) electrons. The van der Waals surface area contributed by atoms with E-state index in [1.807, 2.05) is 13.8 Å². The number of nitrogens with one attached hydrogen (secondary N) is 1. The minimum absolute atomic E-state index is 0.104. The number of rotatable bonds is 6. The molecule has 1 heterocycles. The fraction of sp³-hybridized carbons (Fsp3) is 0.500. The molecule has 0 aliphatic carbocycles. The van der Waals surface area contributed by atoms with Crippen molar-refractivity contribution in [3.8, 4) is 0 Å². The molecule has 100 valence electrons. The number of aromatic carboxylic acids is 1. The van der Waals surface area contributed by atoms with Gasteiger partial charge in [-0.05, 0) is 18.1 Å². The Morgan fingerprint density at radius 3 is 2.61 bits per heavy atom. The van der Waals surface area contributed by atoms with Crippen LogP contribution in [0.5, 0.6) is 0 Å².